The summed E-state index contributed by atoms with van der Waals surface area (Å²) in [4.78, 5) is 0. The molecular formula is C6H14O6. The molecule has 6 N–H and O–H groups in total. The van der Waals surface area contributed by atoms with Gasteiger partial charge in [0.25, 0.3) is 0 Å². The minimum atomic E-state index is -1.67. The third-order valence-corrected chi connectivity index (χ3v) is 1.51. The summed E-state index contributed by atoms with van der Waals surface area (Å²) in [6.45, 7) is -1.45. The standard InChI is InChI=1S/C6H14O6/c7-1-3(9)5(11)6(12)4(10)2-8/h3-12H,1-2H2/t3-,4+,5+,6-/i5+1/m0/s1. The van der Waals surface area contributed by atoms with Gasteiger partial charge in [-0.25, -0.2) is 0 Å². The number of rotatable bonds is 5. The molecule has 0 fully saturated rings. The Morgan fingerprint density at radius 1 is 0.667 bits per heavy atom. The van der Waals surface area contributed by atoms with E-state index in [2.05, 4.69) is 0 Å². The lowest BCUT2D eigenvalue weighted by Gasteiger charge is -2.24. The van der Waals surface area contributed by atoms with Crippen molar-refractivity contribution in [2.24, 2.45) is 0 Å². The Bertz CT molecular complexity index is 105. The first-order valence-electron chi connectivity index (χ1n) is 3.48. The molecular weight excluding hydrogens is 169 g/mol. The van der Waals surface area contributed by atoms with Crippen molar-refractivity contribution in [2.45, 2.75) is 24.4 Å². The third-order valence-electron chi connectivity index (χ3n) is 1.51. The van der Waals surface area contributed by atoms with Crippen LogP contribution in [0, 0.1) is 0 Å². The van der Waals surface area contributed by atoms with Crippen molar-refractivity contribution in [2.75, 3.05) is 13.2 Å². The molecule has 0 amide bonds. The molecule has 0 saturated carbocycles. The van der Waals surface area contributed by atoms with E-state index in [1.165, 1.54) is 0 Å². The largest absolute Gasteiger partial charge is 0.394 e. The van der Waals surface area contributed by atoms with Crippen LogP contribution in [-0.2, 0) is 0 Å². The molecule has 6 nitrogen and oxygen atoms in total. The number of aliphatic hydroxyl groups is 6. The summed E-state index contributed by atoms with van der Waals surface area (Å²) in [7, 11) is 0. The lowest BCUT2D eigenvalue weighted by molar-refractivity contribution is -0.123. The summed E-state index contributed by atoms with van der Waals surface area (Å²) in [5, 5.41) is 52.2. The number of hydrogen-bond acceptors (Lipinski definition) is 6. The maximum absolute atomic E-state index is 8.96. The first-order valence-corrected chi connectivity index (χ1v) is 3.48. The highest BCUT2D eigenvalue weighted by Crippen LogP contribution is 2.03. The van der Waals surface area contributed by atoms with Gasteiger partial charge in [-0.15, -0.1) is 0 Å². The second-order valence-corrected chi connectivity index (χ2v) is 2.48. The van der Waals surface area contributed by atoms with Gasteiger partial charge in [-0.3, -0.25) is 0 Å². The van der Waals surface area contributed by atoms with Gasteiger partial charge in [-0.1, -0.05) is 0 Å². The second-order valence-electron chi connectivity index (χ2n) is 2.48. The highest BCUT2D eigenvalue weighted by Gasteiger charge is 2.29. The molecule has 0 spiro atoms. The van der Waals surface area contributed by atoms with Crippen LogP contribution in [0.4, 0.5) is 0 Å². The van der Waals surface area contributed by atoms with Gasteiger partial charge >= 0.3 is 0 Å². The van der Waals surface area contributed by atoms with Crippen LogP contribution >= 0.6 is 0 Å². The average Bonchev–Trinajstić information content (AvgIpc) is 2.12. The minimum Gasteiger partial charge on any atom is -0.394 e. The number of hydrogen-bond donors (Lipinski definition) is 6. The molecule has 4 atom stereocenters. The van der Waals surface area contributed by atoms with E-state index in [1.807, 2.05) is 0 Å². The molecule has 0 aromatic carbocycles. The molecule has 0 unspecified atom stereocenters. The van der Waals surface area contributed by atoms with E-state index in [0.717, 1.165) is 0 Å². The van der Waals surface area contributed by atoms with Gasteiger partial charge in [0.1, 0.15) is 24.4 Å². The van der Waals surface area contributed by atoms with Gasteiger partial charge in [0.2, 0.25) is 0 Å². The van der Waals surface area contributed by atoms with Crippen LogP contribution in [0.2, 0.25) is 0 Å². The highest BCUT2D eigenvalue weighted by atomic mass is 16.5. The molecule has 12 heavy (non-hydrogen) atoms. The van der Waals surface area contributed by atoms with Crippen LogP contribution in [0.25, 0.3) is 0 Å². The normalized spacial score (nSPS) is 21.5. The predicted octanol–water partition coefficient (Wildman–Crippen LogP) is -3.59. The van der Waals surface area contributed by atoms with E-state index < -0.39 is 37.6 Å². The fraction of sp³-hybridized carbons (Fsp3) is 1.00. The summed E-state index contributed by atoms with van der Waals surface area (Å²) >= 11 is 0. The molecule has 0 aromatic rings. The van der Waals surface area contributed by atoms with E-state index in [9.17, 15) is 0 Å². The molecule has 0 aromatic heterocycles. The van der Waals surface area contributed by atoms with Gasteiger partial charge in [-0.05, 0) is 0 Å². The molecule has 0 heterocycles. The van der Waals surface area contributed by atoms with Gasteiger partial charge < -0.3 is 30.6 Å². The van der Waals surface area contributed by atoms with Crippen molar-refractivity contribution in [3.05, 3.63) is 0 Å². The van der Waals surface area contributed by atoms with Crippen LogP contribution in [0.3, 0.4) is 0 Å². The van der Waals surface area contributed by atoms with E-state index in [-0.39, 0.29) is 0 Å². The third kappa shape index (κ3) is 3.02. The van der Waals surface area contributed by atoms with Crippen molar-refractivity contribution in [1.82, 2.24) is 0 Å². The van der Waals surface area contributed by atoms with Crippen LogP contribution < -0.4 is 0 Å². The first-order chi connectivity index (χ1) is 5.54. The summed E-state index contributed by atoms with van der Waals surface area (Å²) in [6.07, 6.45) is -6.39. The Morgan fingerprint density at radius 2 is 0.917 bits per heavy atom. The smallest absolute Gasteiger partial charge is 0.111 e. The topological polar surface area (TPSA) is 121 Å². The van der Waals surface area contributed by atoms with E-state index in [4.69, 9.17) is 30.6 Å². The van der Waals surface area contributed by atoms with E-state index in [0.29, 0.717) is 0 Å². The van der Waals surface area contributed by atoms with Crippen LogP contribution in [0.1, 0.15) is 0 Å². The summed E-state index contributed by atoms with van der Waals surface area (Å²) < 4.78 is 0. The van der Waals surface area contributed by atoms with Crippen molar-refractivity contribution in [3.8, 4) is 0 Å². The lowest BCUT2D eigenvalue weighted by Crippen LogP contribution is -2.46. The fourth-order valence-electron chi connectivity index (χ4n) is 0.671. The van der Waals surface area contributed by atoms with Gasteiger partial charge in [0.15, 0.2) is 0 Å². The summed E-state index contributed by atoms with van der Waals surface area (Å²) in [5.41, 5.74) is 0. The van der Waals surface area contributed by atoms with E-state index >= 15 is 0 Å². The van der Waals surface area contributed by atoms with Crippen molar-refractivity contribution in [1.29, 1.82) is 0 Å². The molecule has 0 bridgehead atoms. The lowest BCUT2D eigenvalue weighted by atomic mass is 10.2. The van der Waals surface area contributed by atoms with Crippen LogP contribution in [0.5, 0.6) is 0 Å². The van der Waals surface area contributed by atoms with Crippen molar-refractivity contribution >= 4 is 0 Å². The molecule has 0 aliphatic carbocycles. The first kappa shape index (κ1) is 11.8. The van der Waals surface area contributed by atoms with Gasteiger partial charge in [0, 0.05) is 0 Å². The van der Waals surface area contributed by atoms with Crippen molar-refractivity contribution < 1.29 is 30.6 Å². The Kier molecular flexibility index (Phi) is 5.31. The zero-order valence-corrected chi connectivity index (χ0v) is 6.41. The zero-order valence-electron chi connectivity index (χ0n) is 6.41. The average molecular weight is 183 g/mol. The minimum absolute atomic E-state index is 0.726. The molecule has 6 heteroatoms. The molecule has 0 rings (SSSR count). The molecule has 0 saturated heterocycles. The number of aliphatic hydroxyl groups excluding tert-OH is 6. The molecule has 0 aliphatic rings. The Balaban J connectivity index is 3.99. The van der Waals surface area contributed by atoms with Crippen LogP contribution in [0.15, 0.2) is 0 Å². The Hall–Kier alpha value is -0.240. The Labute approximate surface area is 69.3 Å². The zero-order chi connectivity index (χ0) is 9.72. The van der Waals surface area contributed by atoms with Gasteiger partial charge in [-0.2, -0.15) is 0 Å². The monoisotopic (exact) mass is 183 g/mol. The van der Waals surface area contributed by atoms with Gasteiger partial charge in [0.05, 0.1) is 13.2 Å². The fourth-order valence-corrected chi connectivity index (χ4v) is 0.671. The molecule has 0 radical (unpaired) electrons. The van der Waals surface area contributed by atoms with E-state index in [1.54, 1.807) is 0 Å². The van der Waals surface area contributed by atoms with Crippen LogP contribution in [-0.4, -0.2) is 68.3 Å². The molecule has 74 valence electrons. The van der Waals surface area contributed by atoms with Crippen molar-refractivity contribution in [3.63, 3.8) is 0 Å². The Morgan fingerprint density at radius 3 is 1.08 bits per heavy atom. The quantitative estimate of drug-likeness (QED) is 0.245. The SMILES string of the molecule is OC[C@@H](O)[C@H](O)[13C@H](O)[C@@H](O)CO. The maximum Gasteiger partial charge on any atom is 0.111 e. The highest BCUT2D eigenvalue weighted by molar-refractivity contribution is 4.79. The summed E-state index contributed by atoms with van der Waals surface area (Å²) in [5.74, 6) is 0. The molecule has 0 aliphatic heterocycles. The summed E-state index contributed by atoms with van der Waals surface area (Å²) in [6, 6.07) is 0. The maximum atomic E-state index is 8.96. The second kappa shape index (κ2) is 5.41. The predicted molar refractivity (Wildman–Crippen MR) is 38.2 cm³/mol.